The molecule has 0 unspecified atom stereocenters. The molecule has 5 nitrogen and oxygen atoms in total. The summed E-state index contributed by atoms with van der Waals surface area (Å²) in [6.07, 6.45) is 1.03. The Morgan fingerprint density at radius 2 is 1.90 bits per heavy atom. The number of rotatable bonds is 9. The molecule has 0 radical (unpaired) electrons. The van der Waals surface area contributed by atoms with Crippen molar-refractivity contribution < 1.29 is 18.3 Å². The van der Waals surface area contributed by atoms with Gasteiger partial charge >= 0.3 is 6.61 Å². The minimum absolute atomic E-state index is 0.0665. The van der Waals surface area contributed by atoms with Gasteiger partial charge in [0.05, 0.1) is 6.54 Å². The number of halogens is 2. The Morgan fingerprint density at radius 3 is 2.53 bits per heavy atom. The number of hydrogen-bond acceptors (Lipinski definition) is 4. The summed E-state index contributed by atoms with van der Waals surface area (Å²) in [5, 5.41) is 2.83. The molecule has 0 saturated carbocycles. The van der Waals surface area contributed by atoms with Gasteiger partial charge in [0.1, 0.15) is 5.75 Å². The number of nitrogens with zero attached hydrogens (tertiary/aromatic N) is 2. The molecule has 1 N–H and O–H groups in total. The van der Waals surface area contributed by atoms with Crippen molar-refractivity contribution in [1.82, 2.24) is 9.80 Å². The monoisotopic (exact) mass is 417 g/mol. The largest absolute Gasteiger partial charge is 0.435 e. The Labute approximate surface area is 176 Å². The quantitative estimate of drug-likeness (QED) is 0.658. The van der Waals surface area contributed by atoms with Crippen molar-refractivity contribution in [3.05, 3.63) is 60.2 Å². The van der Waals surface area contributed by atoms with Crippen molar-refractivity contribution >= 4 is 11.6 Å². The number of carbonyl (C=O) groups is 1. The van der Waals surface area contributed by atoms with E-state index in [-0.39, 0.29) is 11.7 Å². The number of likely N-dealkylation sites (tertiary alicyclic amines) is 1. The summed E-state index contributed by atoms with van der Waals surface area (Å²) in [5.74, 6) is -0.0503. The van der Waals surface area contributed by atoms with Gasteiger partial charge in [-0.15, -0.1) is 0 Å². The first kappa shape index (κ1) is 22.2. The molecule has 1 amide bonds. The van der Waals surface area contributed by atoms with E-state index in [1.807, 2.05) is 6.07 Å². The van der Waals surface area contributed by atoms with Crippen molar-refractivity contribution in [1.29, 1.82) is 0 Å². The second kappa shape index (κ2) is 10.5. The maximum atomic E-state index is 12.5. The minimum atomic E-state index is -2.86. The molecule has 1 aliphatic heterocycles. The van der Waals surface area contributed by atoms with Crippen LogP contribution in [0, 0.1) is 0 Å². The molecule has 1 heterocycles. The third-order valence-corrected chi connectivity index (χ3v) is 5.66. The highest BCUT2D eigenvalue weighted by Crippen LogP contribution is 2.26. The molecule has 162 valence electrons. The number of nitrogens with one attached hydrogen (secondary N) is 1. The van der Waals surface area contributed by atoms with Gasteiger partial charge < -0.3 is 10.1 Å². The topological polar surface area (TPSA) is 44.8 Å². The lowest BCUT2D eigenvalue weighted by Crippen LogP contribution is -2.42. The van der Waals surface area contributed by atoms with Crippen LogP contribution in [0.25, 0.3) is 0 Å². The summed E-state index contributed by atoms with van der Waals surface area (Å²) in [4.78, 5) is 17.2. The van der Waals surface area contributed by atoms with Gasteiger partial charge in [0.15, 0.2) is 0 Å². The highest BCUT2D eigenvalue weighted by Gasteiger charge is 2.30. The molecule has 0 aromatic heterocycles. The average Bonchev–Trinajstić information content (AvgIpc) is 3.23. The number of alkyl halides is 2. The summed E-state index contributed by atoms with van der Waals surface area (Å²) < 4.78 is 28.8. The first-order valence-electron chi connectivity index (χ1n) is 10.3. The van der Waals surface area contributed by atoms with Crippen molar-refractivity contribution in [2.75, 3.05) is 31.5 Å². The number of anilines is 1. The second-order valence-corrected chi connectivity index (χ2v) is 7.54. The molecule has 0 spiro atoms. The Bertz CT molecular complexity index is 802. The highest BCUT2D eigenvalue weighted by molar-refractivity contribution is 5.92. The van der Waals surface area contributed by atoms with E-state index in [0.717, 1.165) is 26.1 Å². The fraction of sp³-hybridized carbons (Fsp3) is 0.435. The molecule has 2 aromatic carbocycles. The maximum Gasteiger partial charge on any atom is 0.387 e. The van der Waals surface area contributed by atoms with E-state index in [0.29, 0.717) is 24.3 Å². The molecule has 1 aliphatic rings. The number of benzene rings is 2. The Balaban J connectivity index is 1.52. The lowest BCUT2D eigenvalue weighted by Gasteiger charge is -2.29. The SMILES string of the molecule is CCN(CC(=O)Nc1ccc(OC(F)F)cc1)[C@H]1CCN([C@@H](C)c2ccccc2)C1. The van der Waals surface area contributed by atoms with Gasteiger partial charge in [0.2, 0.25) is 5.91 Å². The van der Waals surface area contributed by atoms with Crippen LogP contribution in [0.5, 0.6) is 5.75 Å². The predicted octanol–water partition coefficient (Wildman–Crippen LogP) is 4.38. The van der Waals surface area contributed by atoms with Gasteiger partial charge in [-0.05, 0) is 49.7 Å². The fourth-order valence-electron chi connectivity index (χ4n) is 3.96. The summed E-state index contributed by atoms with van der Waals surface area (Å²) >= 11 is 0. The van der Waals surface area contributed by atoms with Gasteiger partial charge in [-0.25, -0.2) is 0 Å². The zero-order valence-corrected chi connectivity index (χ0v) is 17.4. The van der Waals surface area contributed by atoms with Gasteiger partial charge in [-0.3, -0.25) is 14.6 Å². The minimum Gasteiger partial charge on any atom is -0.435 e. The third kappa shape index (κ3) is 6.00. The summed E-state index contributed by atoms with van der Waals surface area (Å²) in [6, 6.07) is 17.1. The molecular weight excluding hydrogens is 388 g/mol. The molecular formula is C23H29F2N3O2. The Kier molecular flexibility index (Phi) is 7.76. The second-order valence-electron chi connectivity index (χ2n) is 7.54. The van der Waals surface area contributed by atoms with Crippen LogP contribution in [0.1, 0.15) is 31.9 Å². The van der Waals surface area contributed by atoms with Gasteiger partial charge in [0.25, 0.3) is 0 Å². The van der Waals surface area contributed by atoms with Crippen molar-refractivity contribution in [3.63, 3.8) is 0 Å². The number of hydrogen-bond donors (Lipinski definition) is 1. The summed E-state index contributed by atoms with van der Waals surface area (Å²) in [6.45, 7) is 4.44. The molecule has 0 bridgehead atoms. The maximum absolute atomic E-state index is 12.5. The number of amides is 1. The van der Waals surface area contributed by atoms with E-state index in [1.165, 1.54) is 17.7 Å². The first-order chi connectivity index (χ1) is 14.5. The standard InChI is InChI=1S/C23H29F2N3O2/c1-3-27(16-22(29)26-19-9-11-21(12-10-19)30-23(24)25)20-13-14-28(15-20)17(2)18-7-5-4-6-8-18/h4-12,17,20,23H,3,13-16H2,1-2H3,(H,26,29)/t17-,20-/m0/s1. The lowest BCUT2D eigenvalue weighted by molar-refractivity contribution is -0.117. The van der Waals surface area contributed by atoms with E-state index < -0.39 is 6.61 Å². The lowest BCUT2D eigenvalue weighted by atomic mass is 10.1. The van der Waals surface area contributed by atoms with Gasteiger partial charge in [-0.1, -0.05) is 37.3 Å². The van der Waals surface area contributed by atoms with E-state index in [9.17, 15) is 13.6 Å². The smallest absolute Gasteiger partial charge is 0.387 e. The van der Waals surface area contributed by atoms with Crippen LogP contribution in [-0.4, -0.2) is 54.5 Å². The van der Waals surface area contributed by atoms with Crippen LogP contribution in [0.4, 0.5) is 14.5 Å². The number of carbonyl (C=O) groups excluding carboxylic acids is 1. The van der Waals surface area contributed by atoms with Crippen LogP contribution in [0.3, 0.4) is 0 Å². The van der Waals surface area contributed by atoms with Crippen molar-refractivity contribution in [3.8, 4) is 5.75 Å². The molecule has 1 fully saturated rings. The molecule has 1 saturated heterocycles. The predicted molar refractivity (Wildman–Crippen MR) is 114 cm³/mol. The van der Waals surface area contributed by atoms with Crippen molar-refractivity contribution in [2.24, 2.45) is 0 Å². The zero-order chi connectivity index (χ0) is 21.5. The molecule has 0 aliphatic carbocycles. The van der Waals surface area contributed by atoms with Gasteiger partial charge in [-0.2, -0.15) is 8.78 Å². The number of ether oxygens (including phenoxy) is 1. The Hall–Kier alpha value is -2.51. The van der Waals surface area contributed by atoms with E-state index in [1.54, 1.807) is 12.1 Å². The summed E-state index contributed by atoms with van der Waals surface area (Å²) in [5.41, 5.74) is 1.86. The number of likely N-dealkylation sites (N-methyl/N-ethyl adjacent to an activating group) is 1. The fourth-order valence-corrected chi connectivity index (χ4v) is 3.96. The van der Waals surface area contributed by atoms with E-state index in [4.69, 9.17) is 0 Å². The molecule has 30 heavy (non-hydrogen) atoms. The van der Waals surface area contributed by atoms with Crippen LogP contribution in [0.2, 0.25) is 0 Å². The van der Waals surface area contributed by atoms with E-state index >= 15 is 0 Å². The van der Waals surface area contributed by atoms with Crippen LogP contribution in [0.15, 0.2) is 54.6 Å². The molecule has 7 heteroatoms. The zero-order valence-electron chi connectivity index (χ0n) is 17.4. The van der Waals surface area contributed by atoms with Crippen LogP contribution < -0.4 is 10.1 Å². The van der Waals surface area contributed by atoms with Gasteiger partial charge in [0, 0.05) is 30.9 Å². The molecule has 2 atom stereocenters. The highest BCUT2D eigenvalue weighted by atomic mass is 19.3. The third-order valence-electron chi connectivity index (χ3n) is 5.66. The molecule has 2 aromatic rings. The Morgan fingerprint density at radius 1 is 1.20 bits per heavy atom. The van der Waals surface area contributed by atoms with Crippen LogP contribution in [-0.2, 0) is 4.79 Å². The van der Waals surface area contributed by atoms with Crippen molar-refractivity contribution in [2.45, 2.75) is 39.0 Å². The normalized spacial score (nSPS) is 18.0. The molecule has 3 rings (SSSR count). The summed E-state index contributed by atoms with van der Waals surface area (Å²) in [7, 11) is 0. The van der Waals surface area contributed by atoms with Crippen LogP contribution >= 0.6 is 0 Å². The first-order valence-corrected chi connectivity index (χ1v) is 10.3. The average molecular weight is 418 g/mol. The van der Waals surface area contributed by atoms with E-state index in [2.05, 4.69) is 58.0 Å².